The van der Waals surface area contributed by atoms with E-state index in [-0.39, 0.29) is 11.1 Å². The molecule has 1 aromatic carbocycles. The average molecular weight is 459 g/mol. The second-order valence-electron chi connectivity index (χ2n) is 8.27. The number of ether oxygens (including phenoxy) is 4. The monoisotopic (exact) mass is 459 g/mol. The number of nitrogens with zero attached hydrogens (tertiary/aromatic N) is 1. The largest absolute Gasteiger partial charge is 0.466 e. The SMILES string of the molecule is COC(=O)C1=C(C(=O)OC)[C@@H]2C#C/C=C\C#C[C@@H]3N(C(=O)OC)c4ccccc4[C@]24O[C@@]34[C@H]1C. The summed E-state index contributed by atoms with van der Waals surface area (Å²) in [5, 5.41) is 0. The summed E-state index contributed by atoms with van der Waals surface area (Å²) in [6.45, 7) is 1.76. The third kappa shape index (κ3) is 2.46. The minimum atomic E-state index is -1.19. The molecule has 2 heterocycles. The van der Waals surface area contributed by atoms with Gasteiger partial charge >= 0.3 is 18.0 Å². The van der Waals surface area contributed by atoms with Crippen LogP contribution in [0.3, 0.4) is 0 Å². The van der Waals surface area contributed by atoms with E-state index in [4.69, 9.17) is 18.9 Å². The number of epoxide rings is 1. The Morgan fingerprint density at radius 3 is 2.26 bits per heavy atom. The van der Waals surface area contributed by atoms with E-state index in [0.29, 0.717) is 11.3 Å². The van der Waals surface area contributed by atoms with E-state index in [9.17, 15) is 14.4 Å². The molecule has 5 atom stereocenters. The average Bonchev–Trinajstić information content (AvgIpc) is 3.58. The Labute approximate surface area is 196 Å². The number of anilines is 1. The Morgan fingerprint density at radius 2 is 1.59 bits per heavy atom. The van der Waals surface area contributed by atoms with Gasteiger partial charge < -0.3 is 18.9 Å². The van der Waals surface area contributed by atoms with Gasteiger partial charge in [-0.25, -0.2) is 14.4 Å². The molecule has 8 heteroatoms. The summed E-state index contributed by atoms with van der Waals surface area (Å²) in [7, 11) is 3.78. The molecule has 0 unspecified atom stereocenters. The molecule has 4 aliphatic rings. The lowest BCUT2D eigenvalue weighted by molar-refractivity contribution is -0.140. The number of rotatable bonds is 2. The van der Waals surface area contributed by atoms with E-state index >= 15 is 0 Å². The molecule has 1 saturated heterocycles. The predicted octanol–water partition coefficient (Wildman–Crippen LogP) is 2.09. The summed E-state index contributed by atoms with van der Waals surface area (Å²) >= 11 is 0. The van der Waals surface area contributed by atoms with Crippen molar-refractivity contribution >= 4 is 23.7 Å². The number of benzene rings is 1. The first-order valence-corrected chi connectivity index (χ1v) is 10.6. The van der Waals surface area contributed by atoms with Crippen LogP contribution in [0.1, 0.15) is 12.5 Å². The van der Waals surface area contributed by atoms with Crippen LogP contribution < -0.4 is 4.90 Å². The molecule has 172 valence electrons. The smallest absolute Gasteiger partial charge is 0.415 e. The van der Waals surface area contributed by atoms with Crippen LogP contribution in [0, 0.1) is 35.5 Å². The van der Waals surface area contributed by atoms with Gasteiger partial charge in [0.05, 0.1) is 44.1 Å². The fourth-order valence-corrected chi connectivity index (χ4v) is 5.71. The molecule has 5 rings (SSSR count). The van der Waals surface area contributed by atoms with Crippen molar-refractivity contribution in [3.05, 3.63) is 53.1 Å². The van der Waals surface area contributed by atoms with Crippen molar-refractivity contribution in [3.63, 3.8) is 0 Å². The van der Waals surface area contributed by atoms with Crippen LogP contribution in [0.15, 0.2) is 47.6 Å². The zero-order valence-corrected chi connectivity index (χ0v) is 19.0. The zero-order valence-electron chi connectivity index (χ0n) is 19.0. The number of hydrogen-bond donors (Lipinski definition) is 0. The van der Waals surface area contributed by atoms with Gasteiger partial charge in [0.2, 0.25) is 0 Å². The number of para-hydroxylation sites is 1. The lowest BCUT2D eigenvalue weighted by Crippen LogP contribution is -2.61. The molecule has 1 amide bonds. The molecule has 2 aliphatic heterocycles. The lowest BCUT2D eigenvalue weighted by Gasteiger charge is -2.46. The molecule has 0 spiro atoms. The number of methoxy groups -OCH3 is 3. The first-order valence-electron chi connectivity index (χ1n) is 10.6. The third-order valence-corrected chi connectivity index (χ3v) is 7.04. The highest BCUT2D eigenvalue weighted by molar-refractivity contribution is 6.04. The molecule has 1 aromatic rings. The molecule has 34 heavy (non-hydrogen) atoms. The molecule has 4 bridgehead atoms. The summed E-state index contributed by atoms with van der Waals surface area (Å²) in [5.41, 5.74) is -0.956. The van der Waals surface area contributed by atoms with Crippen molar-refractivity contribution in [1.29, 1.82) is 0 Å². The Morgan fingerprint density at radius 1 is 0.941 bits per heavy atom. The number of carbonyl (C=O) groups is 3. The van der Waals surface area contributed by atoms with E-state index < -0.39 is 47.1 Å². The van der Waals surface area contributed by atoms with Crippen LogP contribution >= 0.6 is 0 Å². The fraction of sp³-hybridized carbons (Fsp3) is 0.346. The van der Waals surface area contributed by atoms with Crippen molar-refractivity contribution in [3.8, 4) is 23.7 Å². The van der Waals surface area contributed by atoms with Crippen LogP contribution in [0.4, 0.5) is 10.5 Å². The quantitative estimate of drug-likeness (QED) is 0.289. The van der Waals surface area contributed by atoms with Crippen LogP contribution in [0.5, 0.6) is 0 Å². The van der Waals surface area contributed by atoms with Crippen LogP contribution in [-0.4, -0.2) is 51.0 Å². The maximum atomic E-state index is 13.1. The molecule has 2 aliphatic carbocycles. The number of amides is 1. The second-order valence-corrected chi connectivity index (χ2v) is 8.27. The van der Waals surface area contributed by atoms with Crippen molar-refractivity contribution in [1.82, 2.24) is 0 Å². The number of hydrogen-bond acceptors (Lipinski definition) is 7. The highest BCUT2D eigenvalue weighted by Crippen LogP contribution is 2.74. The molecule has 0 N–H and O–H groups in total. The van der Waals surface area contributed by atoms with Crippen molar-refractivity contribution < 1.29 is 33.3 Å². The van der Waals surface area contributed by atoms with Gasteiger partial charge in [-0.2, -0.15) is 0 Å². The van der Waals surface area contributed by atoms with E-state index in [1.807, 2.05) is 12.1 Å². The molecule has 1 fully saturated rings. The van der Waals surface area contributed by atoms with Crippen molar-refractivity contribution in [2.24, 2.45) is 11.8 Å². The molecule has 0 radical (unpaired) electrons. The minimum absolute atomic E-state index is 0.0875. The predicted molar refractivity (Wildman–Crippen MR) is 119 cm³/mol. The van der Waals surface area contributed by atoms with Gasteiger partial charge in [-0.15, -0.1) is 0 Å². The highest BCUT2D eigenvalue weighted by atomic mass is 16.6. The summed E-state index contributed by atoms with van der Waals surface area (Å²) in [5.74, 6) is 9.15. The normalized spacial score (nSPS) is 32.4. The van der Waals surface area contributed by atoms with E-state index in [1.54, 1.807) is 31.2 Å². The van der Waals surface area contributed by atoms with Crippen molar-refractivity contribution in [2.75, 3.05) is 26.2 Å². The summed E-state index contributed by atoms with van der Waals surface area (Å²) < 4.78 is 21.9. The Balaban J connectivity index is 1.92. The van der Waals surface area contributed by atoms with Gasteiger partial charge in [0.25, 0.3) is 0 Å². The topological polar surface area (TPSA) is 94.7 Å². The molecule has 0 saturated carbocycles. The maximum Gasteiger partial charge on any atom is 0.415 e. The van der Waals surface area contributed by atoms with Crippen LogP contribution in [-0.2, 0) is 34.1 Å². The summed E-state index contributed by atoms with van der Waals surface area (Å²) in [6, 6.07) is 6.38. The first kappa shape index (κ1) is 21.8. The Bertz CT molecular complexity index is 1320. The van der Waals surface area contributed by atoms with Gasteiger partial charge in [0, 0.05) is 11.5 Å². The summed E-state index contributed by atoms with van der Waals surface area (Å²) in [4.78, 5) is 40.6. The molecular weight excluding hydrogens is 438 g/mol. The standard InChI is InChI=1S/C26H21NO7/c1-15-20(22(28)31-2)21(23(29)32-3)17-12-7-5-6-8-14-19-25(15)26(17,34-25)16-11-9-10-13-18(16)27(19)24(30)33-4/h5-6,9-11,13,15,17,19H,1-4H3/b6-5-/t15-,17-,19-,25-,26-/m0/s1. The van der Waals surface area contributed by atoms with Gasteiger partial charge in [-0.05, 0) is 18.2 Å². The Kier molecular flexibility index (Phi) is 4.82. The van der Waals surface area contributed by atoms with E-state index in [1.165, 1.54) is 26.2 Å². The van der Waals surface area contributed by atoms with Crippen LogP contribution in [0.25, 0.3) is 0 Å². The summed E-state index contributed by atoms with van der Waals surface area (Å²) in [6.07, 6.45) is 2.50. The number of fused-ring (bicyclic) bond motifs is 1. The minimum Gasteiger partial charge on any atom is -0.466 e. The number of carbonyl (C=O) groups excluding carboxylic acids is 3. The first-order chi connectivity index (χ1) is 16.4. The highest BCUT2D eigenvalue weighted by Gasteiger charge is 2.86. The van der Waals surface area contributed by atoms with Crippen molar-refractivity contribution in [2.45, 2.75) is 24.2 Å². The lowest BCUT2D eigenvalue weighted by atomic mass is 9.58. The number of allylic oxidation sites excluding steroid dienone is 2. The van der Waals surface area contributed by atoms with Gasteiger partial charge in [0.1, 0.15) is 17.2 Å². The van der Waals surface area contributed by atoms with Gasteiger partial charge in [0.15, 0.2) is 0 Å². The van der Waals surface area contributed by atoms with Gasteiger partial charge in [-0.3, -0.25) is 4.90 Å². The number of esters is 2. The molecule has 8 nitrogen and oxygen atoms in total. The zero-order chi connectivity index (χ0) is 24.3. The van der Waals surface area contributed by atoms with Crippen LogP contribution in [0.2, 0.25) is 0 Å². The van der Waals surface area contributed by atoms with Gasteiger partial charge in [-0.1, -0.05) is 48.8 Å². The molecule has 0 aromatic heterocycles. The Hall–Kier alpha value is -4.01. The third-order valence-electron chi connectivity index (χ3n) is 7.04. The fourth-order valence-electron chi connectivity index (χ4n) is 5.71. The molecular formula is C26H21NO7. The van der Waals surface area contributed by atoms with E-state index in [0.717, 1.165) is 0 Å². The van der Waals surface area contributed by atoms with E-state index in [2.05, 4.69) is 23.7 Å². The second kappa shape index (κ2) is 7.51. The maximum absolute atomic E-state index is 13.1.